The highest BCUT2D eigenvalue weighted by atomic mass is 16.5. The van der Waals surface area contributed by atoms with Crippen molar-refractivity contribution in [3.63, 3.8) is 0 Å². The molecule has 2 heterocycles. The van der Waals surface area contributed by atoms with E-state index in [1.165, 1.54) is 13.4 Å². The molecule has 1 aromatic heterocycles. The van der Waals surface area contributed by atoms with Crippen molar-refractivity contribution in [2.45, 2.75) is 18.9 Å². The Morgan fingerprint density at radius 3 is 2.75 bits per heavy atom. The number of methoxy groups -OCH3 is 1. The summed E-state index contributed by atoms with van der Waals surface area (Å²) in [5.74, 6) is 0.211. The van der Waals surface area contributed by atoms with Crippen LogP contribution in [0.2, 0.25) is 0 Å². The van der Waals surface area contributed by atoms with Crippen molar-refractivity contribution in [3.8, 4) is 0 Å². The summed E-state index contributed by atoms with van der Waals surface area (Å²) >= 11 is 0. The molecule has 20 heavy (non-hydrogen) atoms. The predicted octanol–water partition coefficient (Wildman–Crippen LogP) is 0.320. The fourth-order valence-corrected chi connectivity index (χ4v) is 2.32. The number of hydrogen-bond acceptors (Lipinski definition) is 6. The molecule has 1 aliphatic rings. The molecule has 1 amide bonds. The van der Waals surface area contributed by atoms with E-state index in [9.17, 15) is 9.59 Å². The van der Waals surface area contributed by atoms with Gasteiger partial charge in [0.15, 0.2) is 5.69 Å². The smallest absolute Gasteiger partial charge is 0.356 e. The predicted molar refractivity (Wildman–Crippen MR) is 72.4 cm³/mol. The number of nitrogens with zero attached hydrogens (tertiary/aromatic N) is 4. The molecule has 1 aliphatic heterocycles. The molecule has 0 unspecified atom stereocenters. The Bertz CT molecular complexity index is 486. The normalized spacial score (nSPS) is 15.8. The standard InChI is InChI=1S/C13H18N4O3/c1-16(10-3-5-17(9-18)6-4-10)12-7-11(13(19)20-2)14-8-15-12/h7-10H,3-6H2,1-2H3. The average molecular weight is 278 g/mol. The molecule has 0 bridgehead atoms. The molecule has 0 aliphatic carbocycles. The summed E-state index contributed by atoms with van der Waals surface area (Å²) in [5.41, 5.74) is 0.245. The number of hydrogen-bond donors (Lipinski definition) is 0. The van der Waals surface area contributed by atoms with E-state index in [1.807, 2.05) is 11.9 Å². The van der Waals surface area contributed by atoms with E-state index in [2.05, 4.69) is 14.7 Å². The lowest BCUT2D eigenvalue weighted by Gasteiger charge is -2.35. The van der Waals surface area contributed by atoms with Crippen LogP contribution in [0.4, 0.5) is 5.82 Å². The summed E-state index contributed by atoms with van der Waals surface area (Å²) in [6.07, 6.45) is 4.01. The molecule has 0 atom stereocenters. The number of ether oxygens (including phenoxy) is 1. The second-order valence-electron chi connectivity index (χ2n) is 4.74. The van der Waals surface area contributed by atoms with Crippen LogP contribution in [0, 0.1) is 0 Å². The average Bonchev–Trinajstić information content (AvgIpc) is 2.53. The van der Waals surface area contributed by atoms with Gasteiger partial charge in [0.05, 0.1) is 7.11 Å². The number of esters is 1. The Hall–Kier alpha value is -2.18. The van der Waals surface area contributed by atoms with Gasteiger partial charge < -0.3 is 14.5 Å². The molecule has 1 fully saturated rings. The summed E-state index contributed by atoms with van der Waals surface area (Å²) in [7, 11) is 3.26. The van der Waals surface area contributed by atoms with Gasteiger partial charge in [-0.2, -0.15) is 0 Å². The number of aromatic nitrogens is 2. The third-order valence-corrected chi connectivity index (χ3v) is 3.60. The third kappa shape index (κ3) is 3.04. The van der Waals surface area contributed by atoms with Crippen molar-refractivity contribution < 1.29 is 14.3 Å². The van der Waals surface area contributed by atoms with Gasteiger partial charge in [-0.15, -0.1) is 0 Å². The molecule has 7 nitrogen and oxygen atoms in total. The minimum absolute atomic E-state index is 0.245. The summed E-state index contributed by atoms with van der Waals surface area (Å²) in [6.45, 7) is 1.49. The van der Waals surface area contributed by atoms with Crippen molar-refractivity contribution in [1.29, 1.82) is 0 Å². The first-order valence-corrected chi connectivity index (χ1v) is 6.48. The second-order valence-corrected chi connectivity index (χ2v) is 4.74. The maximum Gasteiger partial charge on any atom is 0.356 e. The highest BCUT2D eigenvalue weighted by molar-refractivity contribution is 5.87. The van der Waals surface area contributed by atoms with Crippen LogP contribution in [0.15, 0.2) is 12.4 Å². The van der Waals surface area contributed by atoms with Crippen LogP contribution in [-0.4, -0.2) is 60.5 Å². The molecular weight excluding hydrogens is 260 g/mol. The van der Waals surface area contributed by atoms with Gasteiger partial charge in [-0.05, 0) is 12.8 Å². The number of rotatable bonds is 4. The summed E-state index contributed by atoms with van der Waals surface area (Å²) in [5, 5.41) is 0. The van der Waals surface area contributed by atoms with E-state index in [1.54, 1.807) is 11.0 Å². The number of anilines is 1. The van der Waals surface area contributed by atoms with E-state index in [0.29, 0.717) is 11.9 Å². The zero-order chi connectivity index (χ0) is 14.5. The quantitative estimate of drug-likeness (QED) is 0.583. The highest BCUT2D eigenvalue weighted by Gasteiger charge is 2.23. The van der Waals surface area contributed by atoms with Crippen LogP contribution in [0.5, 0.6) is 0 Å². The molecule has 1 saturated heterocycles. The first kappa shape index (κ1) is 14.2. The molecule has 0 aromatic carbocycles. The van der Waals surface area contributed by atoms with E-state index in [-0.39, 0.29) is 5.69 Å². The molecule has 7 heteroatoms. The Balaban J connectivity index is 2.07. The van der Waals surface area contributed by atoms with E-state index in [0.717, 1.165) is 32.3 Å². The third-order valence-electron chi connectivity index (χ3n) is 3.60. The lowest BCUT2D eigenvalue weighted by Crippen LogP contribution is -2.43. The molecular formula is C13H18N4O3. The molecule has 0 spiro atoms. The van der Waals surface area contributed by atoms with Gasteiger partial charge in [0.2, 0.25) is 6.41 Å². The highest BCUT2D eigenvalue weighted by Crippen LogP contribution is 2.20. The molecule has 0 radical (unpaired) electrons. The zero-order valence-electron chi connectivity index (χ0n) is 11.7. The van der Waals surface area contributed by atoms with Crippen molar-refractivity contribution >= 4 is 18.2 Å². The second kappa shape index (κ2) is 6.31. The number of likely N-dealkylation sites (tertiary alicyclic amines) is 1. The fourth-order valence-electron chi connectivity index (χ4n) is 2.32. The first-order valence-electron chi connectivity index (χ1n) is 6.48. The van der Waals surface area contributed by atoms with Gasteiger partial charge in [0.25, 0.3) is 0 Å². The van der Waals surface area contributed by atoms with E-state index in [4.69, 9.17) is 0 Å². The topological polar surface area (TPSA) is 75.6 Å². The zero-order valence-corrected chi connectivity index (χ0v) is 11.7. The number of piperidine rings is 1. The first-order chi connectivity index (χ1) is 9.65. The van der Waals surface area contributed by atoms with E-state index >= 15 is 0 Å². The van der Waals surface area contributed by atoms with Crippen LogP contribution in [0.25, 0.3) is 0 Å². The molecule has 0 N–H and O–H groups in total. The van der Waals surface area contributed by atoms with E-state index < -0.39 is 5.97 Å². The van der Waals surface area contributed by atoms with Gasteiger partial charge in [-0.3, -0.25) is 4.79 Å². The SMILES string of the molecule is COC(=O)c1cc(N(C)C2CCN(C=O)CC2)ncn1. The van der Waals surface area contributed by atoms with Gasteiger partial charge in [-0.1, -0.05) is 0 Å². The number of carbonyl (C=O) groups excluding carboxylic acids is 2. The molecule has 1 aromatic rings. The van der Waals surface area contributed by atoms with Crippen LogP contribution in [0.1, 0.15) is 23.3 Å². The summed E-state index contributed by atoms with van der Waals surface area (Å²) < 4.78 is 4.65. The maximum absolute atomic E-state index is 11.5. The summed E-state index contributed by atoms with van der Waals surface area (Å²) in [4.78, 5) is 34.1. The molecule has 108 valence electrons. The number of amides is 1. The monoisotopic (exact) mass is 278 g/mol. The number of carbonyl (C=O) groups is 2. The van der Waals surface area contributed by atoms with Gasteiger partial charge in [-0.25, -0.2) is 14.8 Å². The van der Waals surface area contributed by atoms with Crippen LogP contribution in [-0.2, 0) is 9.53 Å². The minimum Gasteiger partial charge on any atom is -0.464 e. The Kier molecular flexibility index (Phi) is 4.49. The van der Waals surface area contributed by atoms with Gasteiger partial charge in [0, 0.05) is 32.2 Å². The largest absolute Gasteiger partial charge is 0.464 e. The van der Waals surface area contributed by atoms with Crippen LogP contribution in [0.3, 0.4) is 0 Å². The van der Waals surface area contributed by atoms with Crippen LogP contribution < -0.4 is 4.90 Å². The van der Waals surface area contributed by atoms with Crippen molar-refractivity contribution in [2.24, 2.45) is 0 Å². The van der Waals surface area contributed by atoms with Crippen molar-refractivity contribution in [2.75, 3.05) is 32.1 Å². The fraction of sp³-hybridized carbons (Fsp3) is 0.538. The van der Waals surface area contributed by atoms with Gasteiger partial charge >= 0.3 is 5.97 Å². The van der Waals surface area contributed by atoms with Crippen molar-refractivity contribution in [3.05, 3.63) is 18.1 Å². The van der Waals surface area contributed by atoms with Crippen LogP contribution >= 0.6 is 0 Å². The molecule has 2 rings (SSSR count). The molecule has 0 saturated carbocycles. The maximum atomic E-state index is 11.5. The Labute approximate surface area is 117 Å². The van der Waals surface area contributed by atoms with Gasteiger partial charge in [0.1, 0.15) is 12.1 Å². The Morgan fingerprint density at radius 1 is 1.45 bits per heavy atom. The van der Waals surface area contributed by atoms with Crippen molar-refractivity contribution in [1.82, 2.24) is 14.9 Å². The minimum atomic E-state index is -0.474. The lowest BCUT2D eigenvalue weighted by atomic mass is 10.0. The Morgan fingerprint density at radius 2 is 2.15 bits per heavy atom. The summed E-state index contributed by atoms with van der Waals surface area (Å²) in [6, 6.07) is 1.92. The lowest BCUT2D eigenvalue weighted by molar-refractivity contribution is -0.119.